The average Bonchev–Trinajstić information content (AvgIpc) is 2.83. The minimum atomic E-state index is -0.674. The summed E-state index contributed by atoms with van der Waals surface area (Å²) in [6, 6.07) is 11.3. The lowest BCUT2D eigenvalue weighted by molar-refractivity contribution is 0.229. The first-order valence-corrected chi connectivity index (χ1v) is 4.99. The number of furan rings is 1. The molecule has 1 unspecified atom stereocenters. The normalized spacial score (nSPS) is 11.8. The smallest absolute Gasteiger partial charge is 0.133 e. The van der Waals surface area contributed by atoms with E-state index >= 15 is 0 Å². The Hall–Kier alpha value is -2.02. The summed E-state index contributed by atoms with van der Waals surface area (Å²) in [5.74, 6) is 0.789. The van der Waals surface area contributed by atoms with Crippen LogP contribution in [0.25, 0.3) is 11.3 Å². The number of aliphatic hydroxyl groups excluding tert-OH is 1. The summed E-state index contributed by atoms with van der Waals surface area (Å²) in [4.78, 5) is 0. The first-order chi connectivity index (χ1) is 7.81. The van der Waals surface area contributed by atoms with Gasteiger partial charge in [0.15, 0.2) is 0 Å². The zero-order valence-electron chi connectivity index (χ0n) is 8.76. The molecule has 0 spiro atoms. The lowest BCUT2D eigenvalue weighted by Gasteiger charge is -2.06. The molecule has 0 saturated carbocycles. The Bertz CT molecular complexity index is 505. The number of rotatable bonds is 3. The molecule has 0 bridgehead atoms. The quantitative estimate of drug-likeness (QED) is 0.792. The first kappa shape index (κ1) is 10.5. The van der Waals surface area contributed by atoms with Crippen LogP contribution >= 0.6 is 0 Å². The van der Waals surface area contributed by atoms with Gasteiger partial charge in [0.1, 0.15) is 11.9 Å². The van der Waals surface area contributed by atoms with Gasteiger partial charge in [-0.25, -0.2) is 0 Å². The fourth-order valence-corrected chi connectivity index (χ4v) is 1.53. The van der Waals surface area contributed by atoms with Crippen LogP contribution in [0.1, 0.15) is 11.7 Å². The van der Waals surface area contributed by atoms with Gasteiger partial charge in [0.25, 0.3) is 0 Å². The minimum absolute atomic E-state index is 0.674. The highest BCUT2D eigenvalue weighted by Gasteiger charge is 2.06. The van der Waals surface area contributed by atoms with E-state index < -0.39 is 6.10 Å². The molecule has 2 heteroatoms. The van der Waals surface area contributed by atoms with E-state index in [2.05, 4.69) is 12.3 Å². The van der Waals surface area contributed by atoms with E-state index in [9.17, 15) is 5.11 Å². The van der Waals surface area contributed by atoms with E-state index in [1.54, 1.807) is 6.26 Å². The molecule has 80 valence electrons. The summed E-state index contributed by atoms with van der Waals surface area (Å²) in [6.07, 6.45) is 2.47. The molecule has 2 nitrogen and oxygen atoms in total. The highest BCUT2D eigenvalue weighted by atomic mass is 16.3. The van der Waals surface area contributed by atoms with Gasteiger partial charge in [-0.2, -0.15) is 0 Å². The van der Waals surface area contributed by atoms with Gasteiger partial charge in [-0.3, -0.25) is 0 Å². The average molecular weight is 212 g/mol. The Morgan fingerprint density at radius 3 is 2.88 bits per heavy atom. The van der Waals surface area contributed by atoms with E-state index in [-0.39, 0.29) is 0 Å². The molecule has 1 N–H and O–H groups in total. The molecule has 0 aliphatic carbocycles. The van der Waals surface area contributed by atoms with Crippen molar-refractivity contribution in [1.82, 2.24) is 0 Å². The van der Waals surface area contributed by atoms with Crippen LogP contribution in [-0.4, -0.2) is 5.11 Å². The van der Waals surface area contributed by atoms with Gasteiger partial charge in [-0.1, -0.05) is 24.8 Å². The predicted molar refractivity (Wildman–Crippen MR) is 62.8 cm³/mol. The summed E-state index contributed by atoms with van der Waals surface area (Å²) in [6.45, 7) is 3.44. The zero-order chi connectivity index (χ0) is 11.4. The van der Waals surface area contributed by atoms with Crippen molar-refractivity contribution < 1.29 is 9.52 Å². The number of aliphatic hydroxyl groups is 1. The van der Waals surface area contributed by atoms with Crippen LogP contribution in [0.2, 0.25) is 0 Å². The maximum absolute atomic E-state index is 9.75. The van der Waals surface area contributed by atoms with Crippen molar-refractivity contribution in [2.45, 2.75) is 6.10 Å². The van der Waals surface area contributed by atoms with Crippen LogP contribution < -0.4 is 0 Å². The largest absolute Gasteiger partial charge is 0.464 e. The van der Waals surface area contributed by atoms with Crippen LogP contribution in [0.4, 0.5) is 0 Å². The summed E-state index contributed by atoms with van der Waals surface area (Å²) < 4.78 is 5.29. The predicted octanol–water partition coefficient (Wildman–Crippen LogP) is 3.32. The van der Waals surface area contributed by atoms with Crippen molar-refractivity contribution in [1.29, 1.82) is 0 Å². The molecule has 0 aliphatic rings. The van der Waals surface area contributed by atoms with Gasteiger partial charge in [0.05, 0.1) is 6.26 Å². The minimum Gasteiger partial charge on any atom is -0.464 e. The molecule has 0 aliphatic heterocycles. The maximum atomic E-state index is 9.75. The molecule has 0 amide bonds. The standard InChI is InChI=1S/C14H12O2/c1-2-5-13(15)11-6-3-7-12(10-11)14-8-4-9-16-14/h3-10,13,15H,1H2. The first-order valence-electron chi connectivity index (χ1n) is 4.99. The van der Waals surface area contributed by atoms with E-state index in [0.717, 1.165) is 16.9 Å². The summed E-state index contributed by atoms with van der Waals surface area (Å²) in [5, 5.41) is 9.75. The Kier molecular flexibility index (Phi) is 3.06. The van der Waals surface area contributed by atoms with Crippen LogP contribution in [0.5, 0.6) is 0 Å². The van der Waals surface area contributed by atoms with Crippen molar-refractivity contribution in [2.24, 2.45) is 0 Å². The van der Waals surface area contributed by atoms with Crippen LogP contribution in [0, 0.1) is 0 Å². The van der Waals surface area contributed by atoms with Gasteiger partial charge in [0, 0.05) is 5.56 Å². The van der Waals surface area contributed by atoms with Gasteiger partial charge in [-0.05, 0) is 29.8 Å². The molecule has 2 rings (SSSR count). The van der Waals surface area contributed by atoms with Gasteiger partial charge in [-0.15, -0.1) is 5.73 Å². The molecule has 1 heterocycles. The second-order valence-corrected chi connectivity index (χ2v) is 3.42. The maximum Gasteiger partial charge on any atom is 0.133 e. The molecular weight excluding hydrogens is 200 g/mol. The second kappa shape index (κ2) is 4.67. The Balaban J connectivity index is 2.37. The molecule has 1 aromatic carbocycles. The Morgan fingerprint density at radius 1 is 1.31 bits per heavy atom. The summed E-state index contributed by atoms with van der Waals surface area (Å²) >= 11 is 0. The van der Waals surface area contributed by atoms with Crippen LogP contribution in [0.3, 0.4) is 0 Å². The highest BCUT2D eigenvalue weighted by molar-refractivity contribution is 5.58. The molecule has 0 fully saturated rings. The topological polar surface area (TPSA) is 33.4 Å². The molecule has 1 atom stereocenters. The lowest BCUT2D eigenvalue weighted by Crippen LogP contribution is -1.92. The second-order valence-electron chi connectivity index (χ2n) is 3.42. The van der Waals surface area contributed by atoms with E-state index in [1.807, 2.05) is 36.4 Å². The summed E-state index contributed by atoms with van der Waals surface area (Å²) in [5.41, 5.74) is 4.31. The molecule has 16 heavy (non-hydrogen) atoms. The molecule has 1 aromatic heterocycles. The van der Waals surface area contributed by atoms with Crippen molar-refractivity contribution in [2.75, 3.05) is 0 Å². The van der Waals surface area contributed by atoms with Crippen molar-refractivity contribution in [3.63, 3.8) is 0 Å². The number of hydrogen-bond acceptors (Lipinski definition) is 2. The fraction of sp³-hybridized carbons (Fsp3) is 0.0714. The monoisotopic (exact) mass is 212 g/mol. The van der Waals surface area contributed by atoms with Gasteiger partial charge >= 0.3 is 0 Å². The Labute approximate surface area is 94.2 Å². The third kappa shape index (κ3) is 2.14. The van der Waals surface area contributed by atoms with Crippen molar-refractivity contribution >= 4 is 0 Å². The number of benzene rings is 1. The third-order valence-corrected chi connectivity index (χ3v) is 2.31. The van der Waals surface area contributed by atoms with Crippen LogP contribution in [0.15, 0.2) is 65.5 Å². The van der Waals surface area contributed by atoms with Gasteiger partial charge in [0.2, 0.25) is 0 Å². The molecular formula is C14H12O2. The molecule has 2 aromatic rings. The van der Waals surface area contributed by atoms with E-state index in [0.29, 0.717) is 0 Å². The third-order valence-electron chi connectivity index (χ3n) is 2.31. The van der Waals surface area contributed by atoms with E-state index in [1.165, 1.54) is 6.08 Å². The molecule has 0 saturated heterocycles. The van der Waals surface area contributed by atoms with E-state index in [4.69, 9.17) is 4.42 Å². The van der Waals surface area contributed by atoms with Gasteiger partial charge < -0.3 is 9.52 Å². The number of hydrogen-bond donors (Lipinski definition) is 1. The lowest BCUT2D eigenvalue weighted by atomic mass is 10.0. The highest BCUT2D eigenvalue weighted by Crippen LogP contribution is 2.23. The SMILES string of the molecule is C=C=CC(O)c1cccc(-c2ccco2)c1. The molecule has 0 radical (unpaired) electrons. The summed E-state index contributed by atoms with van der Waals surface area (Å²) in [7, 11) is 0. The van der Waals surface area contributed by atoms with Crippen LogP contribution in [-0.2, 0) is 0 Å². The van der Waals surface area contributed by atoms with Crippen molar-refractivity contribution in [3.05, 3.63) is 66.6 Å². The Morgan fingerprint density at radius 2 is 2.19 bits per heavy atom. The zero-order valence-corrected chi connectivity index (χ0v) is 8.76. The fourth-order valence-electron chi connectivity index (χ4n) is 1.53. The van der Waals surface area contributed by atoms with Crippen molar-refractivity contribution in [3.8, 4) is 11.3 Å².